The molecule has 24 heavy (non-hydrogen) atoms. The Labute approximate surface area is 141 Å². The van der Waals surface area contributed by atoms with Crippen LogP contribution in [0, 0.1) is 23.5 Å². The summed E-state index contributed by atoms with van der Waals surface area (Å²) in [5.41, 5.74) is 11.0. The van der Waals surface area contributed by atoms with Crippen LogP contribution in [0.3, 0.4) is 0 Å². The third kappa shape index (κ3) is 5.81. The van der Waals surface area contributed by atoms with Gasteiger partial charge in [-0.05, 0) is 18.6 Å². The molecule has 0 saturated carbocycles. The van der Waals surface area contributed by atoms with Gasteiger partial charge in [0, 0.05) is 52.7 Å². The van der Waals surface area contributed by atoms with E-state index >= 15 is 0 Å². The number of hydrogen-bond donors (Lipinski definition) is 2. The van der Waals surface area contributed by atoms with E-state index in [0.29, 0.717) is 18.7 Å². The minimum atomic E-state index is -0.857. The van der Waals surface area contributed by atoms with E-state index in [1.807, 2.05) is 24.1 Å². The van der Waals surface area contributed by atoms with Crippen molar-refractivity contribution < 1.29 is 13.5 Å². The highest BCUT2D eigenvalue weighted by molar-refractivity contribution is 5.51. The molecule has 0 atom stereocenters. The van der Waals surface area contributed by atoms with E-state index in [1.165, 1.54) is 6.20 Å². The topological polar surface area (TPSA) is 67.8 Å². The average molecular weight is 338 g/mol. The van der Waals surface area contributed by atoms with Gasteiger partial charge < -0.3 is 16.2 Å². The van der Waals surface area contributed by atoms with Crippen molar-refractivity contribution in [1.82, 2.24) is 10.0 Å². The summed E-state index contributed by atoms with van der Waals surface area (Å²) in [7, 11) is 5.46. The van der Waals surface area contributed by atoms with Crippen LogP contribution in [-0.2, 0) is 4.74 Å². The van der Waals surface area contributed by atoms with Crippen molar-refractivity contribution >= 4 is 5.69 Å². The number of nitrogens with two attached hydrogens (primary N) is 2. The monoisotopic (exact) mass is 338 g/mol. The number of nitrogen functional groups attached to an aromatic ring is 1. The van der Waals surface area contributed by atoms with Crippen molar-refractivity contribution in [2.45, 2.75) is 6.42 Å². The fourth-order valence-electron chi connectivity index (χ4n) is 1.94. The molecule has 0 aromatic heterocycles. The van der Waals surface area contributed by atoms with E-state index in [0.717, 1.165) is 25.1 Å². The zero-order valence-corrected chi connectivity index (χ0v) is 14.3. The Balaban J connectivity index is 2.79. The van der Waals surface area contributed by atoms with Crippen molar-refractivity contribution in [3.63, 3.8) is 0 Å². The molecule has 1 aromatic rings. The smallest absolute Gasteiger partial charge is 0.164 e. The number of rotatable bonds is 7. The molecule has 0 radical (unpaired) electrons. The van der Waals surface area contributed by atoms with Crippen molar-refractivity contribution in [3.05, 3.63) is 41.1 Å². The van der Waals surface area contributed by atoms with Crippen LogP contribution in [0.2, 0.25) is 0 Å². The Hall–Kier alpha value is -2.14. The van der Waals surface area contributed by atoms with Crippen LogP contribution < -0.4 is 11.5 Å². The van der Waals surface area contributed by atoms with E-state index in [-0.39, 0.29) is 11.3 Å². The van der Waals surface area contributed by atoms with Gasteiger partial charge in [-0.2, -0.15) is 0 Å². The lowest BCUT2D eigenvalue weighted by Crippen LogP contribution is -2.38. The first-order valence-corrected chi connectivity index (χ1v) is 7.48. The molecule has 0 aliphatic carbocycles. The van der Waals surface area contributed by atoms with E-state index in [9.17, 15) is 8.78 Å². The normalized spacial score (nSPS) is 11.7. The van der Waals surface area contributed by atoms with Crippen molar-refractivity contribution in [2.75, 3.05) is 46.6 Å². The largest absolute Gasteiger partial charge is 0.404 e. The zero-order valence-electron chi connectivity index (χ0n) is 14.3. The summed E-state index contributed by atoms with van der Waals surface area (Å²) in [6.45, 7) is 1.89. The second-order valence-corrected chi connectivity index (χ2v) is 5.31. The average Bonchev–Trinajstić information content (AvgIpc) is 2.57. The highest BCUT2D eigenvalue weighted by Gasteiger charge is 2.10. The number of benzene rings is 1. The first-order valence-electron chi connectivity index (χ1n) is 7.48. The lowest BCUT2D eigenvalue weighted by molar-refractivity contribution is 0.0296. The molecule has 4 N–H and O–H groups in total. The van der Waals surface area contributed by atoms with Gasteiger partial charge in [0.1, 0.15) is 5.82 Å². The van der Waals surface area contributed by atoms with Gasteiger partial charge in [-0.25, -0.2) is 18.8 Å². The van der Waals surface area contributed by atoms with Crippen LogP contribution in [-0.4, -0.2) is 50.9 Å². The molecule has 132 valence electrons. The van der Waals surface area contributed by atoms with Gasteiger partial charge in [0.2, 0.25) is 0 Å². The lowest BCUT2D eigenvalue weighted by atomic mass is 10.1. The zero-order chi connectivity index (χ0) is 18.1. The van der Waals surface area contributed by atoms with Crippen LogP contribution in [0.25, 0.3) is 0 Å². The van der Waals surface area contributed by atoms with Crippen LogP contribution in [0.1, 0.15) is 12.0 Å². The second-order valence-electron chi connectivity index (χ2n) is 5.31. The number of hydrogen-bond acceptors (Lipinski definition) is 5. The lowest BCUT2D eigenvalue weighted by Gasteiger charge is -2.28. The second kappa shape index (κ2) is 9.88. The van der Waals surface area contributed by atoms with Gasteiger partial charge in [0.15, 0.2) is 5.82 Å². The Bertz CT molecular complexity index is 637. The number of halogens is 2. The Morgan fingerprint density at radius 2 is 2.00 bits per heavy atom. The SMILES string of the molecule is COCCCN(C)N(C)C/C(C#Cc1c(F)ccc(N)c1F)=C\N. The molecule has 1 aromatic carbocycles. The van der Waals surface area contributed by atoms with Gasteiger partial charge in [-0.1, -0.05) is 11.8 Å². The van der Waals surface area contributed by atoms with Gasteiger partial charge in [-0.3, -0.25) is 0 Å². The first-order chi connectivity index (χ1) is 11.4. The Kier molecular flexibility index (Phi) is 8.19. The molecule has 1 rings (SSSR count). The fourth-order valence-corrected chi connectivity index (χ4v) is 1.94. The highest BCUT2D eigenvalue weighted by atomic mass is 19.1. The summed E-state index contributed by atoms with van der Waals surface area (Å²) in [6.07, 6.45) is 2.21. The molecule has 7 heteroatoms. The maximum Gasteiger partial charge on any atom is 0.164 e. The summed E-state index contributed by atoms with van der Waals surface area (Å²) >= 11 is 0. The van der Waals surface area contributed by atoms with E-state index < -0.39 is 11.6 Å². The maximum absolute atomic E-state index is 13.8. The molecule has 0 amide bonds. The molecule has 0 spiro atoms. The summed E-state index contributed by atoms with van der Waals surface area (Å²) in [6, 6.07) is 2.25. The standard InChI is InChI=1S/C17H24F2N4O/c1-22(9-4-10-24-3)23(2)12-13(11-20)5-6-14-15(18)7-8-16(21)17(14)19/h7-8,11H,4,9-10,12,20-21H2,1-3H3/b13-11-. The molecular formula is C17H24F2N4O. The molecule has 0 aliphatic rings. The third-order valence-corrected chi connectivity index (χ3v) is 3.48. The number of anilines is 1. The Morgan fingerprint density at radius 1 is 1.29 bits per heavy atom. The number of nitrogens with zero attached hydrogens (tertiary/aromatic N) is 2. The van der Waals surface area contributed by atoms with Crippen molar-refractivity contribution in [3.8, 4) is 11.8 Å². The third-order valence-electron chi connectivity index (χ3n) is 3.48. The summed E-state index contributed by atoms with van der Waals surface area (Å²) in [5, 5.41) is 3.90. The van der Waals surface area contributed by atoms with Crippen LogP contribution in [0.5, 0.6) is 0 Å². The molecule has 0 aliphatic heterocycles. The number of ether oxygens (including phenoxy) is 1. The first kappa shape index (κ1) is 19.9. The molecule has 0 unspecified atom stereocenters. The number of likely N-dealkylation sites (N-methyl/N-ethyl adjacent to an activating group) is 1. The summed E-state index contributed by atoms with van der Waals surface area (Å²) in [4.78, 5) is 0. The van der Waals surface area contributed by atoms with Crippen molar-refractivity contribution in [2.24, 2.45) is 5.73 Å². The van der Waals surface area contributed by atoms with Gasteiger partial charge >= 0.3 is 0 Å². The number of hydrazine groups is 1. The van der Waals surface area contributed by atoms with Gasteiger partial charge in [-0.15, -0.1) is 0 Å². The van der Waals surface area contributed by atoms with Crippen molar-refractivity contribution in [1.29, 1.82) is 0 Å². The minimum Gasteiger partial charge on any atom is -0.404 e. The van der Waals surface area contributed by atoms with E-state index in [2.05, 4.69) is 11.8 Å². The quantitative estimate of drug-likeness (QED) is 0.342. The molecule has 0 fully saturated rings. The minimum absolute atomic E-state index is 0.144. The Morgan fingerprint density at radius 3 is 2.62 bits per heavy atom. The van der Waals surface area contributed by atoms with Crippen LogP contribution in [0.4, 0.5) is 14.5 Å². The maximum atomic E-state index is 13.8. The van der Waals surface area contributed by atoms with Crippen LogP contribution in [0.15, 0.2) is 23.9 Å². The summed E-state index contributed by atoms with van der Waals surface area (Å²) < 4.78 is 32.5. The van der Waals surface area contributed by atoms with E-state index in [4.69, 9.17) is 16.2 Å². The predicted octanol–water partition coefficient (Wildman–Crippen LogP) is 1.56. The highest BCUT2D eigenvalue weighted by Crippen LogP contribution is 2.17. The van der Waals surface area contributed by atoms with Gasteiger partial charge in [0.25, 0.3) is 0 Å². The van der Waals surface area contributed by atoms with Gasteiger partial charge in [0.05, 0.1) is 11.3 Å². The fraction of sp³-hybridized carbons (Fsp3) is 0.412. The van der Waals surface area contributed by atoms with Crippen LogP contribution >= 0.6 is 0 Å². The molecule has 5 nitrogen and oxygen atoms in total. The number of methoxy groups -OCH3 is 1. The molecule has 0 bridgehead atoms. The molecular weight excluding hydrogens is 314 g/mol. The summed E-state index contributed by atoms with van der Waals surface area (Å²) in [5.74, 6) is 3.57. The molecule has 0 heterocycles. The van der Waals surface area contributed by atoms with E-state index in [1.54, 1.807) is 7.11 Å². The predicted molar refractivity (Wildman–Crippen MR) is 91.7 cm³/mol. The molecule has 0 saturated heterocycles.